The molecule has 3 heteroatoms. The zero-order chi connectivity index (χ0) is 13.3. The zero-order valence-electron chi connectivity index (χ0n) is 11.0. The highest BCUT2D eigenvalue weighted by atomic mass is 16.6. The van der Waals surface area contributed by atoms with E-state index >= 15 is 0 Å². The summed E-state index contributed by atoms with van der Waals surface area (Å²) in [6, 6.07) is 17.9. The van der Waals surface area contributed by atoms with Crippen LogP contribution in [-0.2, 0) is 17.9 Å². The van der Waals surface area contributed by atoms with E-state index in [1.807, 2.05) is 42.5 Å². The Labute approximate surface area is 113 Å². The van der Waals surface area contributed by atoms with Crippen LogP contribution in [-0.4, -0.2) is 13.3 Å². The van der Waals surface area contributed by atoms with E-state index in [1.54, 1.807) is 13.3 Å². The normalized spacial score (nSPS) is 10.6. The van der Waals surface area contributed by atoms with Crippen LogP contribution in [0.2, 0.25) is 0 Å². The molecular weight excluding hydrogens is 238 g/mol. The van der Waals surface area contributed by atoms with Crippen molar-refractivity contribution in [1.29, 1.82) is 0 Å². The molecule has 0 radical (unpaired) electrons. The molecule has 0 atom stereocenters. The molecule has 0 bridgehead atoms. The van der Waals surface area contributed by atoms with Gasteiger partial charge in [0.15, 0.2) is 0 Å². The zero-order valence-corrected chi connectivity index (χ0v) is 11.0. The molecule has 0 spiro atoms. The minimum Gasteiger partial charge on any atom is -0.497 e. The summed E-state index contributed by atoms with van der Waals surface area (Å²) >= 11 is 0. The van der Waals surface area contributed by atoms with Gasteiger partial charge < -0.3 is 9.57 Å². The van der Waals surface area contributed by atoms with Gasteiger partial charge in [-0.2, -0.15) is 0 Å². The van der Waals surface area contributed by atoms with Crippen LogP contribution < -0.4 is 4.74 Å². The Kier molecular flexibility index (Phi) is 4.99. The van der Waals surface area contributed by atoms with E-state index < -0.39 is 0 Å². The van der Waals surface area contributed by atoms with Gasteiger partial charge in [-0.25, -0.2) is 0 Å². The van der Waals surface area contributed by atoms with Gasteiger partial charge >= 0.3 is 0 Å². The first-order valence-corrected chi connectivity index (χ1v) is 6.19. The Balaban J connectivity index is 1.73. The van der Waals surface area contributed by atoms with Crippen LogP contribution in [0, 0.1) is 0 Å². The second-order valence-corrected chi connectivity index (χ2v) is 4.10. The predicted molar refractivity (Wildman–Crippen MR) is 76.4 cm³/mol. The second kappa shape index (κ2) is 7.21. The molecule has 98 valence electrons. The third-order valence-corrected chi connectivity index (χ3v) is 2.71. The molecular formula is C16H17NO2. The van der Waals surface area contributed by atoms with Gasteiger partial charge in [0.1, 0.15) is 12.4 Å². The number of hydrogen-bond donors (Lipinski definition) is 0. The van der Waals surface area contributed by atoms with Crippen molar-refractivity contribution in [2.75, 3.05) is 7.11 Å². The highest BCUT2D eigenvalue weighted by molar-refractivity contribution is 5.60. The van der Waals surface area contributed by atoms with Crippen LogP contribution in [0.5, 0.6) is 5.75 Å². The molecule has 0 aliphatic carbocycles. The Morgan fingerprint density at radius 3 is 2.37 bits per heavy atom. The van der Waals surface area contributed by atoms with E-state index in [0.29, 0.717) is 6.61 Å². The number of methoxy groups -OCH3 is 1. The van der Waals surface area contributed by atoms with Crippen LogP contribution in [0.3, 0.4) is 0 Å². The molecule has 0 aromatic heterocycles. The summed E-state index contributed by atoms with van der Waals surface area (Å²) < 4.78 is 5.09. The number of oxime groups is 1. The Morgan fingerprint density at radius 2 is 1.68 bits per heavy atom. The fourth-order valence-corrected chi connectivity index (χ4v) is 1.64. The van der Waals surface area contributed by atoms with Gasteiger partial charge in [-0.3, -0.25) is 0 Å². The monoisotopic (exact) mass is 255 g/mol. The van der Waals surface area contributed by atoms with Crippen molar-refractivity contribution in [2.45, 2.75) is 13.0 Å². The lowest BCUT2D eigenvalue weighted by Crippen LogP contribution is -1.90. The van der Waals surface area contributed by atoms with Gasteiger partial charge in [0, 0.05) is 12.6 Å². The standard InChI is InChI=1S/C16H17NO2/c1-18-16-9-7-15(8-10-16)13-19-17-12-11-14-5-3-2-4-6-14/h2-10,12H,11,13H2,1H3/b17-12+. The molecule has 0 N–H and O–H groups in total. The van der Waals surface area contributed by atoms with Crippen LogP contribution in [0.15, 0.2) is 59.8 Å². The molecule has 2 aromatic carbocycles. The molecule has 2 rings (SSSR count). The highest BCUT2D eigenvalue weighted by Crippen LogP contribution is 2.11. The average Bonchev–Trinajstić information content (AvgIpc) is 2.49. The Bertz CT molecular complexity index is 506. The summed E-state index contributed by atoms with van der Waals surface area (Å²) in [5.74, 6) is 0.844. The van der Waals surface area contributed by atoms with E-state index in [0.717, 1.165) is 17.7 Å². The number of nitrogens with zero attached hydrogens (tertiary/aromatic N) is 1. The minimum atomic E-state index is 0.468. The minimum absolute atomic E-state index is 0.468. The first-order valence-electron chi connectivity index (χ1n) is 6.19. The predicted octanol–water partition coefficient (Wildman–Crippen LogP) is 3.44. The molecule has 0 heterocycles. The molecule has 3 nitrogen and oxygen atoms in total. The van der Waals surface area contributed by atoms with Gasteiger partial charge in [0.25, 0.3) is 0 Å². The molecule has 0 amide bonds. The topological polar surface area (TPSA) is 30.8 Å². The van der Waals surface area contributed by atoms with Crippen molar-refractivity contribution in [3.8, 4) is 5.75 Å². The summed E-state index contributed by atoms with van der Waals surface area (Å²) in [6.45, 7) is 0.468. The van der Waals surface area contributed by atoms with E-state index in [-0.39, 0.29) is 0 Å². The van der Waals surface area contributed by atoms with Crippen LogP contribution in [0.25, 0.3) is 0 Å². The smallest absolute Gasteiger partial charge is 0.142 e. The van der Waals surface area contributed by atoms with Crippen LogP contribution >= 0.6 is 0 Å². The lowest BCUT2D eigenvalue weighted by atomic mass is 10.2. The summed E-state index contributed by atoms with van der Waals surface area (Å²) in [6.07, 6.45) is 2.56. The molecule has 0 aliphatic rings. The second-order valence-electron chi connectivity index (χ2n) is 4.10. The SMILES string of the molecule is COc1ccc(CO/N=C/Cc2ccccc2)cc1. The molecule has 19 heavy (non-hydrogen) atoms. The lowest BCUT2D eigenvalue weighted by Gasteiger charge is -2.02. The van der Waals surface area contributed by atoms with Crippen molar-refractivity contribution >= 4 is 6.21 Å². The number of benzene rings is 2. The van der Waals surface area contributed by atoms with Gasteiger partial charge in [-0.1, -0.05) is 47.6 Å². The summed E-state index contributed by atoms with van der Waals surface area (Å²) in [5.41, 5.74) is 2.29. The highest BCUT2D eigenvalue weighted by Gasteiger charge is 1.94. The van der Waals surface area contributed by atoms with Crippen molar-refractivity contribution in [2.24, 2.45) is 5.16 Å². The van der Waals surface area contributed by atoms with Gasteiger partial charge in [-0.15, -0.1) is 0 Å². The first kappa shape index (κ1) is 13.1. The molecule has 0 saturated heterocycles. The maximum absolute atomic E-state index is 5.24. The van der Waals surface area contributed by atoms with Gasteiger partial charge in [0.05, 0.1) is 7.11 Å². The molecule has 2 aromatic rings. The van der Waals surface area contributed by atoms with Crippen molar-refractivity contribution < 1.29 is 9.57 Å². The number of hydrogen-bond acceptors (Lipinski definition) is 3. The summed E-state index contributed by atoms with van der Waals surface area (Å²) in [4.78, 5) is 5.24. The molecule has 0 fully saturated rings. The number of ether oxygens (including phenoxy) is 1. The molecule has 0 aliphatic heterocycles. The van der Waals surface area contributed by atoms with E-state index in [2.05, 4.69) is 17.3 Å². The summed E-state index contributed by atoms with van der Waals surface area (Å²) in [7, 11) is 1.65. The van der Waals surface area contributed by atoms with Crippen molar-refractivity contribution in [3.63, 3.8) is 0 Å². The average molecular weight is 255 g/mol. The fourth-order valence-electron chi connectivity index (χ4n) is 1.64. The Morgan fingerprint density at radius 1 is 0.947 bits per heavy atom. The van der Waals surface area contributed by atoms with Gasteiger partial charge in [0.2, 0.25) is 0 Å². The quantitative estimate of drug-likeness (QED) is 0.584. The Hall–Kier alpha value is -2.29. The fraction of sp³-hybridized carbons (Fsp3) is 0.188. The van der Waals surface area contributed by atoms with Crippen LogP contribution in [0.4, 0.5) is 0 Å². The van der Waals surface area contributed by atoms with Crippen molar-refractivity contribution in [3.05, 3.63) is 65.7 Å². The third kappa shape index (κ3) is 4.47. The first-order chi connectivity index (χ1) is 9.38. The van der Waals surface area contributed by atoms with E-state index in [1.165, 1.54) is 5.56 Å². The molecule has 0 unspecified atom stereocenters. The summed E-state index contributed by atoms with van der Waals surface area (Å²) in [5, 5.41) is 3.95. The van der Waals surface area contributed by atoms with E-state index in [9.17, 15) is 0 Å². The maximum atomic E-state index is 5.24. The maximum Gasteiger partial charge on any atom is 0.142 e. The molecule has 0 saturated carbocycles. The van der Waals surface area contributed by atoms with Crippen molar-refractivity contribution in [1.82, 2.24) is 0 Å². The largest absolute Gasteiger partial charge is 0.497 e. The third-order valence-electron chi connectivity index (χ3n) is 2.71. The lowest BCUT2D eigenvalue weighted by molar-refractivity contribution is 0.131. The van der Waals surface area contributed by atoms with E-state index in [4.69, 9.17) is 9.57 Å². The number of rotatable bonds is 6. The van der Waals surface area contributed by atoms with Gasteiger partial charge in [-0.05, 0) is 23.3 Å². The van der Waals surface area contributed by atoms with Crippen LogP contribution in [0.1, 0.15) is 11.1 Å².